The second-order valence-electron chi connectivity index (χ2n) is 18.7. The van der Waals surface area contributed by atoms with E-state index >= 15 is 0 Å². The Balaban J connectivity index is 0.000000380. The van der Waals surface area contributed by atoms with E-state index in [-0.39, 0.29) is 25.0 Å². The van der Waals surface area contributed by atoms with Gasteiger partial charge in [-0.1, -0.05) is 115 Å². The Morgan fingerprint density at radius 2 is 1.23 bits per heavy atom. The summed E-state index contributed by atoms with van der Waals surface area (Å²) in [6, 6.07) is 10.5. The summed E-state index contributed by atoms with van der Waals surface area (Å²) in [5, 5.41) is 4.04. The lowest BCUT2D eigenvalue weighted by atomic mass is 9.92. The molecule has 0 aliphatic rings. The molecule has 2 aromatic carbocycles. The summed E-state index contributed by atoms with van der Waals surface area (Å²) in [6.45, 7) is 20.6. The zero-order valence-electron chi connectivity index (χ0n) is 42.3. The lowest BCUT2D eigenvalue weighted by Crippen LogP contribution is -2.45. The van der Waals surface area contributed by atoms with Crippen LogP contribution in [0.25, 0.3) is 22.3 Å². The van der Waals surface area contributed by atoms with Crippen molar-refractivity contribution in [2.24, 2.45) is 23.3 Å². The molecule has 2 aromatic heterocycles. The van der Waals surface area contributed by atoms with Gasteiger partial charge < -0.3 is 45.5 Å². The van der Waals surface area contributed by atoms with E-state index in [2.05, 4.69) is 42.1 Å². The fraction of sp³-hybridized carbons (Fsp3) is 0.540. The van der Waals surface area contributed by atoms with Crippen LogP contribution < -0.4 is 16.8 Å². The molecule has 9 N–H and O–H groups in total. The predicted molar refractivity (Wildman–Crippen MR) is 278 cm³/mol. The van der Waals surface area contributed by atoms with Crippen LogP contribution in [0.15, 0.2) is 36.4 Å². The highest BCUT2D eigenvalue weighted by Crippen LogP contribution is 2.41. The van der Waals surface area contributed by atoms with E-state index < -0.39 is 39.4 Å². The fourth-order valence-corrected chi connectivity index (χ4v) is 9.99. The van der Waals surface area contributed by atoms with Crippen LogP contribution in [-0.2, 0) is 42.5 Å². The van der Waals surface area contributed by atoms with Gasteiger partial charge in [0, 0.05) is 57.0 Å². The lowest BCUT2D eigenvalue weighted by molar-refractivity contribution is -0.120. The summed E-state index contributed by atoms with van der Waals surface area (Å²) in [7, 11) is -9.11. The van der Waals surface area contributed by atoms with Gasteiger partial charge >= 0.3 is 15.6 Å². The van der Waals surface area contributed by atoms with Crippen molar-refractivity contribution in [3.63, 3.8) is 0 Å². The lowest BCUT2D eigenvalue weighted by Gasteiger charge is -2.18. The average Bonchev–Trinajstić information content (AvgIpc) is 3.70. The Morgan fingerprint density at radius 3 is 1.67 bits per heavy atom. The van der Waals surface area contributed by atoms with E-state index in [9.17, 15) is 23.5 Å². The van der Waals surface area contributed by atoms with Crippen LogP contribution in [0.4, 0.5) is 0 Å². The normalized spacial score (nSPS) is 13.2. The van der Waals surface area contributed by atoms with E-state index in [0.717, 1.165) is 82.6 Å². The minimum atomic E-state index is -4.59. The summed E-state index contributed by atoms with van der Waals surface area (Å²) in [5.74, 6) is -0.969. The third-order valence-corrected chi connectivity index (χ3v) is 14.1. The number of amides is 3. The van der Waals surface area contributed by atoms with Crippen molar-refractivity contribution < 1.29 is 52.1 Å². The van der Waals surface area contributed by atoms with E-state index in [1.54, 1.807) is 0 Å². The van der Waals surface area contributed by atoms with Gasteiger partial charge in [0.15, 0.2) is 0 Å². The number of primary amides is 2. The van der Waals surface area contributed by atoms with E-state index in [4.69, 9.17) is 54.2 Å². The zero-order chi connectivity index (χ0) is 52.8. The number of rotatable bonds is 26. The highest BCUT2D eigenvalue weighted by Gasteiger charge is 2.31. The molecule has 4 rings (SSSR count). The quantitative estimate of drug-likeness (QED) is 0.0230. The van der Waals surface area contributed by atoms with Crippen LogP contribution in [0, 0.1) is 39.5 Å². The maximum atomic E-state index is 13.9. The standard InChI is InChI=1S/C28H43ClN3O6P.C22H32ClN2O5P/c1-7-9-18(4)15-24-26(21-11-10-19(5)22(29)16-21)25(28(34)31-23(27(30)33)14-17(2)3)20(6)32(24)12-8-13-38-39(35,36)37;1-5-6-8-15(3)21-20(22(24)26)19(17-10-9-14(2)18(23)13-17)16(4)25(21)11-7-12-30-31(27,28)29/h10-11,16-18,23H,7-9,12-15H2,1-6H3,(H2,30,33)(H,31,34)(H2,35,36,37);9-10,13,15H,5-8,11-12H2,1-4H3,(H2,24,26)(H2,27,28,29). The first-order valence-corrected chi connectivity index (χ1v) is 27.7. The van der Waals surface area contributed by atoms with Crippen LogP contribution in [0.3, 0.4) is 0 Å². The molecule has 3 amide bonds. The van der Waals surface area contributed by atoms with Crippen molar-refractivity contribution in [3.8, 4) is 22.3 Å². The van der Waals surface area contributed by atoms with Gasteiger partial charge in [0.2, 0.25) is 5.91 Å². The number of carbonyl (C=O) groups excluding carboxylic acids is 3. The highest BCUT2D eigenvalue weighted by molar-refractivity contribution is 7.46. The molecule has 4 aromatic rings. The molecule has 0 saturated carbocycles. The van der Waals surface area contributed by atoms with Gasteiger partial charge in [0.05, 0.1) is 24.3 Å². The molecule has 16 nitrogen and oxygen atoms in total. The molecule has 0 fully saturated rings. The summed E-state index contributed by atoms with van der Waals surface area (Å²) in [6.07, 6.45) is 6.71. The number of nitrogens with two attached hydrogens (primary N) is 2. The van der Waals surface area contributed by atoms with Crippen molar-refractivity contribution in [2.45, 2.75) is 152 Å². The van der Waals surface area contributed by atoms with Crippen LogP contribution >= 0.6 is 38.8 Å². The smallest absolute Gasteiger partial charge is 0.368 e. The average molecular weight is 1060 g/mol. The van der Waals surface area contributed by atoms with Crippen molar-refractivity contribution >= 4 is 56.6 Å². The number of unbranched alkanes of at least 4 members (excludes halogenated alkanes) is 1. The largest absolute Gasteiger partial charge is 0.469 e. The molecule has 0 aliphatic carbocycles. The third-order valence-electron chi connectivity index (χ3n) is 12.3. The molecule has 3 unspecified atom stereocenters. The number of carbonyl (C=O) groups is 3. The van der Waals surface area contributed by atoms with Crippen LogP contribution in [-0.4, -0.2) is 65.7 Å². The molecule has 0 radical (unpaired) electrons. The van der Waals surface area contributed by atoms with Crippen LogP contribution in [0.2, 0.25) is 10.0 Å². The van der Waals surface area contributed by atoms with Gasteiger partial charge in [-0.2, -0.15) is 0 Å². The first-order chi connectivity index (χ1) is 32.6. The molecule has 0 aliphatic heterocycles. The molecular formula is C50H75Cl2N5O11P2. The fourth-order valence-electron chi connectivity index (χ4n) is 8.89. The molecule has 390 valence electrons. The zero-order valence-corrected chi connectivity index (χ0v) is 45.6. The molecule has 0 bridgehead atoms. The minimum Gasteiger partial charge on any atom is -0.368 e. The predicted octanol–water partition coefficient (Wildman–Crippen LogP) is 10.9. The molecule has 2 heterocycles. The number of hydrogen-bond acceptors (Lipinski definition) is 7. The molecule has 70 heavy (non-hydrogen) atoms. The van der Waals surface area contributed by atoms with Gasteiger partial charge in [-0.15, -0.1) is 0 Å². The maximum absolute atomic E-state index is 13.9. The number of aryl methyl sites for hydroxylation is 2. The second kappa shape index (κ2) is 27.3. The number of aromatic nitrogens is 2. The van der Waals surface area contributed by atoms with Crippen molar-refractivity contribution in [3.05, 3.63) is 91.5 Å². The van der Waals surface area contributed by atoms with Crippen molar-refractivity contribution in [2.75, 3.05) is 13.2 Å². The number of halogens is 2. The first kappa shape index (κ1) is 60.5. The van der Waals surface area contributed by atoms with Crippen molar-refractivity contribution in [1.82, 2.24) is 14.5 Å². The first-order valence-electron chi connectivity index (χ1n) is 23.9. The van der Waals surface area contributed by atoms with E-state index in [1.807, 2.05) is 87.1 Å². The van der Waals surface area contributed by atoms with Gasteiger partial charge in [0.1, 0.15) is 6.04 Å². The summed E-state index contributed by atoms with van der Waals surface area (Å²) >= 11 is 12.9. The summed E-state index contributed by atoms with van der Waals surface area (Å²) < 4.78 is 35.5. The maximum Gasteiger partial charge on any atom is 0.469 e. The number of hydrogen-bond donors (Lipinski definition) is 7. The summed E-state index contributed by atoms with van der Waals surface area (Å²) in [4.78, 5) is 74.7. The molecule has 20 heteroatoms. The molecular weight excluding hydrogens is 979 g/mol. The number of phosphoric acid groups is 2. The van der Waals surface area contributed by atoms with Crippen LogP contribution in [0.1, 0.15) is 153 Å². The third kappa shape index (κ3) is 17.5. The van der Waals surface area contributed by atoms with Gasteiger partial charge in [-0.05, 0) is 112 Å². The van der Waals surface area contributed by atoms with Gasteiger partial charge in [-0.25, -0.2) is 9.13 Å². The SMILES string of the molecule is CCCC(C)Cc1c(-c2ccc(C)c(Cl)c2)c(C(=O)NC(CC(C)C)C(N)=O)c(C)n1CCCOP(=O)(O)O.CCCCC(C)c1c(C(N)=O)c(-c2ccc(C)c(Cl)c2)c(C)n1CCCOP(=O)(O)O. The van der Waals surface area contributed by atoms with Crippen molar-refractivity contribution in [1.29, 1.82) is 0 Å². The van der Waals surface area contributed by atoms with Gasteiger partial charge in [0.25, 0.3) is 11.8 Å². The minimum absolute atomic E-state index is 0.0820. The number of nitrogens with zero attached hydrogens (tertiary/aromatic N) is 2. The topological polar surface area (TPSA) is 259 Å². The number of nitrogens with one attached hydrogen (secondary N) is 1. The molecule has 0 saturated heterocycles. The Hall–Kier alpha value is -3.79. The monoisotopic (exact) mass is 1050 g/mol. The molecule has 3 atom stereocenters. The highest BCUT2D eigenvalue weighted by atomic mass is 35.5. The second-order valence-corrected chi connectivity index (χ2v) is 21.9. The van der Waals surface area contributed by atoms with Crippen LogP contribution in [0.5, 0.6) is 0 Å². The molecule has 0 spiro atoms. The Morgan fingerprint density at radius 1 is 0.714 bits per heavy atom. The van der Waals surface area contributed by atoms with E-state index in [0.29, 0.717) is 71.6 Å². The summed E-state index contributed by atoms with van der Waals surface area (Å²) in [5.41, 5.74) is 20.7. The number of benzene rings is 2. The van der Waals surface area contributed by atoms with E-state index in [1.165, 1.54) is 0 Å². The van der Waals surface area contributed by atoms with Gasteiger partial charge in [-0.3, -0.25) is 23.4 Å². The Labute approximate surface area is 423 Å². The Bertz CT molecular complexity index is 2530. The number of phosphoric ester groups is 2. The Kier molecular flexibility index (Phi) is 23.6.